The molecule has 0 bridgehead atoms. The summed E-state index contributed by atoms with van der Waals surface area (Å²) in [7, 11) is 0. The molecule has 1 aromatic rings. The van der Waals surface area contributed by atoms with E-state index in [1.807, 2.05) is 43.0 Å². The van der Waals surface area contributed by atoms with E-state index < -0.39 is 0 Å². The number of likely N-dealkylation sites (N-methyl/N-ethyl adjacent to an activating group) is 1. The summed E-state index contributed by atoms with van der Waals surface area (Å²) < 4.78 is 0.935. The molecule has 0 aliphatic carbocycles. The minimum atomic E-state index is -0.0416. The number of halogens is 1. The lowest BCUT2D eigenvalue weighted by molar-refractivity contribution is -0.117. The summed E-state index contributed by atoms with van der Waals surface area (Å²) in [5, 5.41) is 2.88. The summed E-state index contributed by atoms with van der Waals surface area (Å²) in [5.41, 5.74) is 6.39. The van der Waals surface area contributed by atoms with Crippen molar-refractivity contribution in [3.05, 3.63) is 28.7 Å². The third-order valence-electron chi connectivity index (χ3n) is 2.94. The van der Waals surface area contributed by atoms with Gasteiger partial charge in [-0.3, -0.25) is 9.69 Å². The van der Waals surface area contributed by atoms with Crippen LogP contribution in [0.1, 0.15) is 13.8 Å². The Morgan fingerprint density at radius 3 is 2.80 bits per heavy atom. The van der Waals surface area contributed by atoms with Crippen LogP contribution in [0.3, 0.4) is 0 Å². The van der Waals surface area contributed by atoms with Crippen LogP contribution in [-0.4, -0.2) is 35.4 Å². The second-order valence-electron chi connectivity index (χ2n) is 4.69. The number of rotatable bonds is 7. The van der Waals surface area contributed by atoms with Crippen LogP contribution in [-0.2, 0) is 4.79 Å². The fourth-order valence-electron chi connectivity index (χ4n) is 1.75. The van der Waals surface area contributed by atoms with Crippen LogP contribution in [0.2, 0.25) is 0 Å². The maximum atomic E-state index is 12.0. The molecule has 0 radical (unpaired) electrons. The number of anilines is 1. The van der Waals surface area contributed by atoms with Crippen molar-refractivity contribution in [3.63, 3.8) is 0 Å². The van der Waals surface area contributed by atoms with E-state index in [0.29, 0.717) is 18.1 Å². The first kappa shape index (κ1) is 17.1. The summed E-state index contributed by atoms with van der Waals surface area (Å²) >= 11 is 8.34. The maximum Gasteiger partial charge on any atom is 0.238 e. The topological polar surface area (TPSA) is 58.4 Å². The third kappa shape index (κ3) is 5.98. The van der Waals surface area contributed by atoms with Crippen molar-refractivity contribution in [2.75, 3.05) is 25.0 Å². The summed E-state index contributed by atoms with van der Waals surface area (Å²) in [6, 6.07) is 7.52. The Morgan fingerprint density at radius 1 is 1.55 bits per heavy atom. The van der Waals surface area contributed by atoms with E-state index in [2.05, 4.69) is 21.2 Å². The van der Waals surface area contributed by atoms with Crippen LogP contribution >= 0.6 is 28.1 Å². The first-order valence-corrected chi connectivity index (χ1v) is 7.69. The van der Waals surface area contributed by atoms with Crippen molar-refractivity contribution >= 4 is 44.7 Å². The van der Waals surface area contributed by atoms with Gasteiger partial charge in [0.15, 0.2) is 0 Å². The Morgan fingerprint density at radius 2 is 2.25 bits per heavy atom. The fourth-order valence-corrected chi connectivity index (χ4v) is 2.23. The monoisotopic (exact) mass is 357 g/mol. The summed E-state index contributed by atoms with van der Waals surface area (Å²) in [6.07, 6.45) is 0. The molecule has 1 aromatic carbocycles. The summed E-state index contributed by atoms with van der Waals surface area (Å²) in [5.74, 6) is 0.0590. The van der Waals surface area contributed by atoms with Crippen molar-refractivity contribution in [3.8, 4) is 0 Å². The second kappa shape index (κ2) is 8.34. The van der Waals surface area contributed by atoms with Gasteiger partial charge in [0.25, 0.3) is 0 Å². The van der Waals surface area contributed by atoms with Crippen molar-refractivity contribution in [2.45, 2.75) is 13.8 Å². The number of carbonyl (C=O) groups excluding carboxylic acids is 1. The van der Waals surface area contributed by atoms with E-state index in [1.54, 1.807) is 0 Å². The van der Waals surface area contributed by atoms with E-state index in [4.69, 9.17) is 18.0 Å². The van der Waals surface area contributed by atoms with Gasteiger partial charge in [0.1, 0.15) is 0 Å². The predicted octanol–water partition coefficient (Wildman–Crippen LogP) is 2.63. The number of amides is 1. The van der Waals surface area contributed by atoms with Crippen molar-refractivity contribution in [2.24, 2.45) is 11.7 Å². The number of thiocarbonyl (C=S) groups is 1. The molecule has 0 fully saturated rings. The highest BCUT2D eigenvalue weighted by atomic mass is 79.9. The molecule has 3 N–H and O–H groups in total. The van der Waals surface area contributed by atoms with Crippen LogP contribution in [0.25, 0.3) is 0 Å². The van der Waals surface area contributed by atoms with E-state index in [1.165, 1.54) is 0 Å². The van der Waals surface area contributed by atoms with Gasteiger partial charge in [-0.05, 0) is 24.7 Å². The van der Waals surface area contributed by atoms with Crippen LogP contribution < -0.4 is 11.1 Å². The number of hydrogen-bond acceptors (Lipinski definition) is 3. The highest BCUT2D eigenvalue weighted by Crippen LogP contribution is 2.15. The zero-order valence-corrected chi connectivity index (χ0v) is 14.1. The molecule has 1 unspecified atom stereocenters. The average molecular weight is 358 g/mol. The van der Waals surface area contributed by atoms with Crippen LogP contribution in [0.4, 0.5) is 5.69 Å². The van der Waals surface area contributed by atoms with Crippen molar-refractivity contribution in [1.82, 2.24) is 4.90 Å². The molecule has 4 nitrogen and oxygen atoms in total. The molecular formula is C14H20BrN3OS. The summed E-state index contributed by atoms with van der Waals surface area (Å²) in [4.78, 5) is 14.5. The van der Waals surface area contributed by atoms with Gasteiger partial charge in [0.2, 0.25) is 5.91 Å². The van der Waals surface area contributed by atoms with Gasteiger partial charge in [-0.15, -0.1) is 0 Å². The lowest BCUT2D eigenvalue weighted by Crippen LogP contribution is -2.38. The molecule has 1 amide bonds. The number of carbonyl (C=O) groups is 1. The van der Waals surface area contributed by atoms with E-state index in [-0.39, 0.29) is 11.8 Å². The Hall–Kier alpha value is -0.980. The standard InChI is InChI=1S/C14H20BrN3OS/c1-3-18(8-10(2)14(16)20)9-13(19)17-12-6-4-5-11(15)7-12/h4-7,10H,3,8-9H2,1-2H3,(H2,16,20)(H,17,19). The lowest BCUT2D eigenvalue weighted by Gasteiger charge is -2.23. The maximum absolute atomic E-state index is 12.0. The smallest absolute Gasteiger partial charge is 0.238 e. The molecule has 0 heterocycles. The molecule has 6 heteroatoms. The van der Waals surface area contributed by atoms with Crippen LogP contribution in [0.5, 0.6) is 0 Å². The van der Waals surface area contributed by atoms with Gasteiger partial charge in [0.05, 0.1) is 11.5 Å². The Kier molecular flexibility index (Phi) is 7.12. The number of hydrogen-bond donors (Lipinski definition) is 2. The minimum absolute atomic E-state index is 0.0416. The normalized spacial score (nSPS) is 12.2. The second-order valence-corrected chi connectivity index (χ2v) is 6.08. The number of nitrogens with zero attached hydrogens (tertiary/aromatic N) is 1. The van der Waals surface area contributed by atoms with E-state index in [9.17, 15) is 4.79 Å². The molecule has 0 aromatic heterocycles. The third-order valence-corrected chi connectivity index (χ3v) is 3.84. The molecule has 0 saturated carbocycles. The van der Waals surface area contributed by atoms with Gasteiger partial charge in [-0.25, -0.2) is 0 Å². The molecule has 0 spiro atoms. The molecule has 1 atom stereocenters. The number of nitrogens with one attached hydrogen (secondary N) is 1. The Bertz CT molecular complexity index is 481. The molecule has 110 valence electrons. The van der Waals surface area contributed by atoms with Gasteiger partial charge in [-0.1, -0.05) is 48.1 Å². The quantitative estimate of drug-likeness (QED) is 0.736. The molecule has 0 aliphatic rings. The van der Waals surface area contributed by atoms with Crippen LogP contribution in [0, 0.1) is 5.92 Å². The van der Waals surface area contributed by atoms with Gasteiger partial charge >= 0.3 is 0 Å². The lowest BCUT2D eigenvalue weighted by atomic mass is 10.1. The van der Waals surface area contributed by atoms with Crippen molar-refractivity contribution in [1.29, 1.82) is 0 Å². The Labute approximate surface area is 133 Å². The Balaban J connectivity index is 2.53. The number of benzene rings is 1. The summed E-state index contributed by atoms with van der Waals surface area (Å²) in [6.45, 7) is 5.78. The molecule has 0 aliphatic heterocycles. The van der Waals surface area contributed by atoms with Gasteiger partial charge in [0, 0.05) is 22.6 Å². The largest absolute Gasteiger partial charge is 0.393 e. The van der Waals surface area contributed by atoms with Gasteiger partial charge in [-0.2, -0.15) is 0 Å². The zero-order chi connectivity index (χ0) is 15.1. The molecule has 1 rings (SSSR count). The highest BCUT2D eigenvalue weighted by Gasteiger charge is 2.14. The molecule has 20 heavy (non-hydrogen) atoms. The molecule has 0 saturated heterocycles. The van der Waals surface area contributed by atoms with E-state index in [0.717, 1.165) is 16.7 Å². The first-order valence-electron chi connectivity index (χ1n) is 6.49. The van der Waals surface area contributed by atoms with Crippen molar-refractivity contribution < 1.29 is 4.79 Å². The predicted molar refractivity (Wildman–Crippen MR) is 90.8 cm³/mol. The fraction of sp³-hybridized carbons (Fsp3) is 0.429. The van der Waals surface area contributed by atoms with Crippen LogP contribution in [0.15, 0.2) is 28.7 Å². The average Bonchev–Trinajstić information content (AvgIpc) is 2.37. The first-order chi connectivity index (χ1) is 9.42. The zero-order valence-electron chi connectivity index (χ0n) is 11.7. The van der Waals surface area contributed by atoms with Gasteiger partial charge < -0.3 is 11.1 Å². The number of nitrogens with two attached hydrogens (primary N) is 1. The van der Waals surface area contributed by atoms with E-state index >= 15 is 0 Å². The SMILES string of the molecule is CCN(CC(=O)Nc1cccc(Br)c1)CC(C)C(N)=S. The minimum Gasteiger partial charge on any atom is -0.393 e. The molecular weight excluding hydrogens is 338 g/mol. The highest BCUT2D eigenvalue weighted by molar-refractivity contribution is 9.10.